The van der Waals surface area contributed by atoms with Gasteiger partial charge in [0, 0.05) is 18.7 Å². The highest BCUT2D eigenvalue weighted by Crippen LogP contribution is 2.41. The van der Waals surface area contributed by atoms with Crippen LogP contribution in [0.3, 0.4) is 0 Å². The molecule has 2 aromatic rings. The Kier molecular flexibility index (Phi) is 7.80. The number of piperidine rings is 1. The molecule has 0 amide bonds. The smallest absolute Gasteiger partial charge is 0.313 e. The topological polar surface area (TPSA) is 57.2 Å². The van der Waals surface area contributed by atoms with Crippen LogP contribution in [0.25, 0.3) is 0 Å². The van der Waals surface area contributed by atoms with E-state index in [2.05, 4.69) is 17.0 Å². The Morgan fingerprint density at radius 3 is 2.39 bits per heavy atom. The van der Waals surface area contributed by atoms with Crippen molar-refractivity contribution < 1.29 is 23.7 Å². The van der Waals surface area contributed by atoms with E-state index in [9.17, 15) is 4.79 Å². The van der Waals surface area contributed by atoms with E-state index < -0.39 is 5.41 Å². The van der Waals surface area contributed by atoms with Crippen LogP contribution in [0.15, 0.2) is 42.5 Å². The maximum atomic E-state index is 13.1. The summed E-state index contributed by atoms with van der Waals surface area (Å²) in [6.45, 7) is 4.45. The first-order valence-electron chi connectivity index (χ1n) is 10.8. The van der Waals surface area contributed by atoms with Gasteiger partial charge in [0.05, 0.1) is 33.4 Å². The minimum atomic E-state index is -0.556. The number of ether oxygens (including phenoxy) is 4. The lowest BCUT2D eigenvalue weighted by Gasteiger charge is -2.41. The van der Waals surface area contributed by atoms with Gasteiger partial charge in [-0.25, -0.2) is 0 Å². The molecule has 0 saturated carbocycles. The van der Waals surface area contributed by atoms with Crippen molar-refractivity contribution in [2.24, 2.45) is 5.41 Å². The number of rotatable bonds is 9. The lowest BCUT2D eigenvalue weighted by atomic mass is 9.75. The van der Waals surface area contributed by atoms with E-state index in [1.54, 1.807) is 21.3 Å². The monoisotopic (exact) mass is 427 g/mol. The Morgan fingerprint density at radius 2 is 1.74 bits per heavy atom. The van der Waals surface area contributed by atoms with Gasteiger partial charge in [-0.3, -0.25) is 9.69 Å². The lowest BCUT2D eigenvalue weighted by molar-refractivity contribution is -0.159. The summed E-state index contributed by atoms with van der Waals surface area (Å²) in [6, 6.07) is 14.1. The van der Waals surface area contributed by atoms with E-state index in [1.165, 1.54) is 0 Å². The van der Waals surface area contributed by atoms with Crippen LogP contribution in [-0.2, 0) is 22.5 Å². The van der Waals surface area contributed by atoms with Crippen LogP contribution in [0.4, 0.5) is 0 Å². The number of likely N-dealkylation sites (tertiary alicyclic amines) is 1. The van der Waals surface area contributed by atoms with Crippen molar-refractivity contribution in [2.75, 3.05) is 41.0 Å². The molecule has 0 aliphatic carbocycles. The van der Waals surface area contributed by atoms with Gasteiger partial charge in [0.15, 0.2) is 11.5 Å². The number of benzene rings is 2. The third-order valence-corrected chi connectivity index (χ3v) is 5.93. The van der Waals surface area contributed by atoms with Crippen molar-refractivity contribution in [1.29, 1.82) is 0 Å². The molecule has 1 atom stereocenters. The van der Waals surface area contributed by atoms with E-state index in [4.69, 9.17) is 18.9 Å². The molecule has 0 aromatic heterocycles. The maximum absolute atomic E-state index is 13.1. The molecule has 2 aromatic carbocycles. The Morgan fingerprint density at radius 1 is 1.00 bits per heavy atom. The fourth-order valence-corrected chi connectivity index (χ4v) is 4.54. The quantitative estimate of drug-likeness (QED) is 0.562. The van der Waals surface area contributed by atoms with Crippen LogP contribution in [0.1, 0.15) is 30.9 Å². The fraction of sp³-hybridized carbons (Fsp3) is 0.480. The molecule has 1 fully saturated rings. The molecular weight excluding hydrogens is 394 g/mol. The van der Waals surface area contributed by atoms with Crippen molar-refractivity contribution in [3.05, 3.63) is 53.6 Å². The molecule has 1 aliphatic rings. The zero-order valence-electron chi connectivity index (χ0n) is 19.0. The number of carbonyl (C=O) groups is 1. The van der Waals surface area contributed by atoms with Gasteiger partial charge in [-0.1, -0.05) is 36.4 Å². The third-order valence-electron chi connectivity index (χ3n) is 5.93. The molecule has 31 heavy (non-hydrogen) atoms. The summed E-state index contributed by atoms with van der Waals surface area (Å²) in [5.41, 5.74) is 1.60. The van der Waals surface area contributed by atoms with E-state index in [1.807, 2.05) is 37.3 Å². The highest BCUT2D eigenvalue weighted by Gasteiger charge is 2.43. The molecular formula is C25H33NO5. The maximum Gasteiger partial charge on any atom is 0.313 e. The van der Waals surface area contributed by atoms with Gasteiger partial charge in [0.1, 0.15) is 0 Å². The van der Waals surface area contributed by atoms with Crippen LogP contribution in [0, 0.1) is 5.41 Å². The second-order valence-electron chi connectivity index (χ2n) is 7.97. The van der Waals surface area contributed by atoms with Gasteiger partial charge in [0.2, 0.25) is 5.75 Å². The predicted molar refractivity (Wildman–Crippen MR) is 120 cm³/mol. The van der Waals surface area contributed by atoms with Gasteiger partial charge in [-0.15, -0.1) is 0 Å². The number of nitrogens with zero attached hydrogens (tertiary/aromatic N) is 1. The van der Waals surface area contributed by atoms with E-state index in [0.717, 1.165) is 30.5 Å². The molecule has 6 nitrogen and oxygen atoms in total. The standard InChI is InChI=1S/C25H33NO5/c1-5-31-24(27)25(16-19-10-7-6-8-11-19)14-9-15-26(18-25)17-20-12-13-21(28-2)23(30-4)22(20)29-3/h6-8,10-13H,5,9,14-18H2,1-4H3/t25-/m0/s1. The Balaban J connectivity index is 1.87. The van der Waals surface area contributed by atoms with E-state index >= 15 is 0 Å². The minimum Gasteiger partial charge on any atom is -0.493 e. The Labute approximate surface area is 185 Å². The zero-order valence-corrected chi connectivity index (χ0v) is 19.0. The molecule has 1 aliphatic heterocycles. The van der Waals surface area contributed by atoms with Gasteiger partial charge in [0.25, 0.3) is 0 Å². The molecule has 6 heteroatoms. The summed E-state index contributed by atoms with van der Waals surface area (Å²) in [5.74, 6) is 1.77. The predicted octanol–water partition coefficient (Wildman–Crippen LogP) is 4.10. The molecule has 0 spiro atoms. The van der Waals surface area contributed by atoms with Gasteiger partial charge >= 0.3 is 5.97 Å². The largest absolute Gasteiger partial charge is 0.493 e. The van der Waals surface area contributed by atoms with Crippen LogP contribution >= 0.6 is 0 Å². The first-order valence-corrected chi connectivity index (χ1v) is 10.8. The SMILES string of the molecule is CCOC(=O)[C@]1(Cc2ccccc2)CCCN(Cc2ccc(OC)c(OC)c2OC)C1. The lowest BCUT2D eigenvalue weighted by Crippen LogP contribution is -2.49. The molecule has 3 rings (SSSR count). The average Bonchev–Trinajstić information content (AvgIpc) is 2.79. The Hall–Kier alpha value is -2.73. The normalized spacial score (nSPS) is 19.0. The molecule has 1 saturated heterocycles. The van der Waals surface area contributed by atoms with Crippen LogP contribution in [0.5, 0.6) is 17.2 Å². The summed E-state index contributed by atoms with van der Waals surface area (Å²) < 4.78 is 22.1. The van der Waals surface area contributed by atoms with Crippen LogP contribution in [0.2, 0.25) is 0 Å². The Bertz CT molecular complexity index is 870. The minimum absolute atomic E-state index is 0.108. The number of esters is 1. The summed E-state index contributed by atoms with van der Waals surface area (Å²) in [4.78, 5) is 15.4. The molecule has 0 unspecified atom stereocenters. The number of hydrogen-bond donors (Lipinski definition) is 0. The zero-order chi connectivity index (χ0) is 22.3. The number of carbonyl (C=O) groups excluding carboxylic acids is 1. The number of hydrogen-bond acceptors (Lipinski definition) is 6. The average molecular weight is 428 g/mol. The van der Waals surface area contributed by atoms with Crippen molar-refractivity contribution in [1.82, 2.24) is 4.90 Å². The second kappa shape index (κ2) is 10.5. The van der Waals surface area contributed by atoms with Crippen LogP contribution < -0.4 is 14.2 Å². The summed E-state index contributed by atoms with van der Waals surface area (Å²) in [5, 5.41) is 0. The fourth-order valence-electron chi connectivity index (χ4n) is 4.54. The van der Waals surface area contributed by atoms with E-state index in [0.29, 0.717) is 43.4 Å². The highest BCUT2D eigenvalue weighted by atomic mass is 16.5. The van der Waals surface area contributed by atoms with Gasteiger partial charge in [-0.05, 0) is 44.4 Å². The second-order valence-corrected chi connectivity index (χ2v) is 7.97. The highest BCUT2D eigenvalue weighted by molar-refractivity contribution is 5.78. The summed E-state index contributed by atoms with van der Waals surface area (Å²) in [7, 11) is 4.85. The summed E-state index contributed by atoms with van der Waals surface area (Å²) >= 11 is 0. The molecule has 0 radical (unpaired) electrons. The van der Waals surface area contributed by atoms with Gasteiger partial charge in [-0.2, -0.15) is 0 Å². The molecule has 1 heterocycles. The molecule has 0 bridgehead atoms. The van der Waals surface area contributed by atoms with Crippen molar-refractivity contribution >= 4 is 5.97 Å². The van der Waals surface area contributed by atoms with Crippen molar-refractivity contribution in [3.8, 4) is 17.2 Å². The van der Waals surface area contributed by atoms with Crippen LogP contribution in [-0.4, -0.2) is 51.9 Å². The van der Waals surface area contributed by atoms with Crippen molar-refractivity contribution in [3.63, 3.8) is 0 Å². The molecule has 0 N–H and O–H groups in total. The molecule has 168 valence electrons. The van der Waals surface area contributed by atoms with E-state index in [-0.39, 0.29) is 5.97 Å². The van der Waals surface area contributed by atoms with Crippen molar-refractivity contribution in [2.45, 2.75) is 32.7 Å². The van der Waals surface area contributed by atoms with Gasteiger partial charge < -0.3 is 18.9 Å². The first-order chi connectivity index (χ1) is 15.1. The third kappa shape index (κ3) is 5.13. The summed E-state index contributed by atoms with van der Waals surface area (Å²) in [6.07, 6.45) is 2.42. The number of methoxy groups -OCH3 is 3. The first kappa shape index (κ1) is 22.9.